The maximum absolute atomic E-state index is 12.9. The number of fused-ring (bicyclic) bond motifs is 1. The van der Waals surface area contributed by atoms with Crippen LogP contribution in [0, 0.1) is 6.92 Å². The molecule has 0 radical (unpaired) electrons. The summed E-state index contributed by atoms with van der Waals surface area (Å²) < 4.78 is 5.86. The number of amides is 2. The number of hydrogen-bond acceptors (Lipinski definition) is 6. The van der Waals surface area contributed by atoms with E-state index in [-0.39, 0.29) is 30.2 Å². The summed E-state index contributed by atoms with van der Waals surface area (Å²) in [5, 5.41) is 11.2. The van der Waals surface area contributed by atoms with Crippen molar-refractivity contribution in [2.75, 3.05) is 13.1 Å². The van der Waals surface area contributed by atoms with Gasteiger partial charge >= 0.3 is 0 Å². The van der Waals surface area contributed by atoms with Crippen LogP contribution in [0.4, 0.5) is 0 Å². The molecule has 2 aliphatic heterocycles. The first-order valence-corrected chi connectivity index (χ1v) is 10.0. The number of nitrogens with zero attached hydrogens (tertiary/aromatic N) is 4. The van der Waals surface area contributed by atoms with Crippen molar-refractivity contribution in [3.8, 4) is 11.5 Å². The number of likely N-dealkylation sites (tertiary alicyclic amines) is 1. The first-order chi connectivity index (χ1) is 14.6. The van der Waals surface area contributed by atoms with Gasteiger partial charge in [0.2, 0.25) is 17.7 Å². The molecule has 2 atom stereocenters. The third kappa shape index (κ3) is 3.34. The highest BCUT2D eigenvalue weighted by Gasteiger charge is 2.35. The van der Waals surface area contributed by atoms with Gasteiger partial charge in [0.15, 0.2) is 0 Å². The van der Waals surface area contributed by atoms with Gasteiger partial charge in [-0.3, -0.25) is 14.6 Å². The fraction of sp³-hybridized carbons (Fsp3) is 0.318. The Labute approximate surface area is 173 Å². The lowest BCUT2D eigenvalue weighted by Gasteiger charge is -2.19. The molecule has 1 N–H and O–H groups in total. The molecular formula is C22H21N5O3. The van der Waals surface area contributed by atoms with Crippen molar-refractivity contribution in [3.05, 3.63) is 65.3 Å². The van der Waals surface area contributed by atoms with Crippen LogP contribution in [-0.4, -0.2) is 45.0 Å². The van der Waals surface area contributed by atoms with Crippen LogP contribution in [0.5, 0.6) is 0 Å². The summed E-state index contributed by atoms with van der Waals surface area (Å²) in [6, 6.07) is 10.9. The van der Waals surface area contributed by atoms with Crippen molar-refractivity contribution < 1.29 is 14.0 Å². The van der Waals surface area contributed by atoms with E-state index in [1.54, 1.807) is 12.3 Å². The zero-order chi connectivity index (χ0) is 20.7. The van der Waals surface area contributed by atoms with Gasteiger partial charge in [-0.2, -0.15) is 0 Å². The van der Waals surface area contributed by atoms with Gasteiger partial charge in [0.1, 0.15) is 0 Å². The Morgan fingerprint density at radius 2 is 2.10 bits per heavy atom. The van der Waals surface area contributed by atoms with E-state index in [1.807, 2.05) is 42.2 Å². The molecule has 0 saturated carbocycles. The van der Waals surface area contributed by atoms with Gasteiger partial charge < -0.3 is 14.6 Å². The highest BCUT2D eigenvalue weighted by Crippen LogP contribution is 2.32. The van der Waals surface area contributed by atoms with Gasteiger partial charge in [-0.15, -0.1) is 10.2 Å². The number of aromatic nitrogens is 3. The Kier molecular flexibility index (Phi) is 4.54. The summed E-state index contributed by atoms with van der Waals surface area (Å²) in [6.07, 6.45) is 2.73. The highest BCUT2D eigenvalue weighted by atomic mass is 16.4. The standard InChI is InChI=1S/C22H21N5O3/c1-13-6-7-14(11-23-13)21-25-26-22(30-21)15-8-9-27(12-15)19(28)10-18-16-4-2-3-5-17(16)20(29)24-18/h2-7,11,15,18H,8-10,12H2,1H3,(H,24,29). The van der Waals surface area contributed by atoms with Crippen LogP contribution >= 0.6 is 0 Å². The number of carbonyl (C=O) groups excluding carboxylic acids is 2. The van der Waals surface area contributed by atoms with Crippen molar-refractivity contribution >= 4 is 11.8 Å². The van der Waals surface area contributed by atoms with Crippen LogP contribution in [0.2, 0.25) is 0 Å². The first-order valence-electron chi connectivity index (χ1n) is 10.0. The van der Waals surface area contributed by atoms with E-state index in [0.29, 0.717) is 30.4 Å². The molecule has 0 aliphatic carbocycles. The number of rotatable bonds is 4. The maximum Gasteiger partial charge on any atom is 0.252 e. The van der Waals surface area contributed by atoms with Crippen LogP contribution in [0.3, 0.4) is 0 Å². The minimum atomic E-state index is -0.274. The van der Waals surface area contributed by atoms with Crippen LogP contribution in [-0.2, 0) is 4.79 Å². The second-order valence-electron chi connectivity index (χ2n) is 7.78. The van der Waals surface area contributed by atoms with Crippen molar-refractivity contribution in [1.29, 1.82) is 0 Å². The smallest absolute Gasteiger partial charge is 0.252 e. The normalized spacial score (nSPS) is 20.3. The van der Waals surface area contributed by atoms with E-state index in [0.717, 1.165) is 23.2 Å². The molecule has 8 nitrogen and oxygen atoms in total. The zero-order valence-electron chi connectivity index (χ0n) is 16.5. The summed E-state index contributed by atoms with van der Waals surface area (Å²) in [4.78, 5) is 31.0. The van der Waals surface area contributed by atoms with Gasteiger partial charge in [0, 0.05) is 30.5 Å². The second kappa shape index (κ2) is 7.37. The van der Waals surface area contributed by atoms with E-state index in [2.05, 4.69) is 20.5 Å². The van der Waals surface area contributed by atoms with E-state index in [1.165, 1.54) is 0 Å². The number of pyridine rings is 1. The molecule has 5 rings (SSSR count). The molecule has 1 fully saturated rings. The third-order valence-electron chi connectivity index (χ3n) is 5.75. The fourth-order valence-corrected chi connectivity index (χ4v) is 4.08. The van der Waals surface area contributed by atoms with Crippen LogP contribution in [0.1, 0.15) is 52.3 Å². The minimum Gasteiger partial charge on any atom is -0.420 e. The van der Waals surface area contributed by atoms with Gasteiger partial charge in [-0.25, -0.2) is 0 Å². The first kappa shape index (κ1) is 18.5. The largest absolute Gasteiger partial charge is 0.420 e. The van der Waals surface area contributed by atoms with Crippen LogP contribution in [0.15, 0.2) is 47.0 Å². The van der Waals surface area contributed by atoms with Crippen molar-refractivity contribution in [2.24, 2.45) is 0 Å². The third-order valence-corrected chi connectivity index (χ3v) is 5.75. The molecule has 2 aromatic heterocycles. The van der Waals surface area contributed by atoms with E-state index in [4.69, 9.17) is 4.42 Å². The minimum absolute atomic E-state index is 0.0130. The topological polar surface area (TPSA) is 101 Å². The Hall–Kier alpha value is -3.55. The molecule has 30 heavy (non-hydrogen) atoms. The Morgan fingerprint density at radius 1 is 1.23 bits per heavy atom. The summed E-state index contributed by atoms with van der Waals surface area (Å²) >= 11 is 0. The fourth-order valence-electron chi connectivity index (χ4n) is 4.08. The lowest BCUT2D eigenvalue weighted by molar-refractivity contribution is -0.130. The van der Waals surface area contributed by atoms with Crippen molar-refractivity contribution in [2.45, 2.75) is 31.7 Å². The molecule has 8 heteroatoms. The summed E-state index contributed by atoms with van der Waals surface area (Å²) in [6.45, 7) is 3.09. The predicted molar refractivity (Wildman–Crippen MR) is 107 cm³/mol. The molecule has 2 unspecified atom stereocenters. The molecule has 3 aromatic rings. The quantitative estimate of drug-likeness (QED) is 0.719. The Bertz CT molecular complexity index is 1110. The molecule has 4 heterocycles. The number of nitrogens with one attached hydrogen (secondary N) is 1. The van der Waals surface area contributed by atoms with Crippen molar-refractivity contribution in [1.82, 2.24) is 25.4 Å². The number of hydrogen-bond donors (Lipinski definition) is 1. The zero-order valence-corrected chi connectivity index (χ0v) is 16.5. The second-order valence-corrected chi connectivity index (χ2v) is 7.78. The van der Waals surface area contributed by atoms with E-state index < -0.39 is 0 Å². The van der Waals surface area contributed by atoms with E-state index in [9.17, 15) is 9.59 Å². The lowest BCUT2D eigenvalue weighted by Crippen LogP contribution is -2.32. The molecule has 1 saturated heterocycles. The molecule has 0 bridgehead atoms. The molecule has 152 valence electrons. The highest BCUT2D eigenvalue weighted by molar-refractivity contribution is 5.99. The van der Waals surface area contributed by atoms with Crippen LogP contribution < -0.4 is 5.32 Å². The Morgan fingerprint density at radius 3 is 2.93 bits per heavy atom. The van der Waals surface area contributed by atoms with Gasteiger partial charge in [-0.1, -0.05) is 18.2 Å². The average molecular weight is 403 g/mol. The number of aryl methyl sites for hydroxylation is 1. The molecule has 1 aromatic carbocycles. The van der Waals surface area contributed by atoms with Crippen molar-refractivity contribution in [3.63, 3.8) is 0 Å². The van der Waals surface area contributed by atoms with Gasteiger partial charge in [0.25, 0.3) is 5.91 Å². The Balaban J connectivity index is 1.24. The predicted octanol–water partition coefficient (Wildman–Crippen LogP) is 2.63. The average Bonchev–Trinajstić information content (AvgIpc) is 3.48. The van der Waals surface area contributed by atoms with Gasteiger partial charge in [-0.05, 0) is 37.1 Å². The number of carbonyl (C=O) groups is 2. The maximum atomic E-state index is 12.9. The molecular weight excluding hydrogens is 382 g/mol. The SMILES string of the molecule is Cc1ccc(-c2nnc(C3CCN(C(=O)CC4NC(=O)c5ccccc54)C3)o2)cn1. The van der Waals surface area contributed by atoms with Crippen LogP contribution in [0.25, 0.3) is 11.5 Å². The monoisotopic (exact) mass is 403 g/mol. The molecule has 2 aliphatic rings. The summed E-state index contributed by atoms with van der Waals surface area (Å²) in [5.74, 6) is 0.890. The number of benzene rings is 1. The molecule has 0 spiro atoms. The van der Waals surface area contributed by atoms with E-state index >= 15 is 0 Å². The van der Waals surface area contributed by atoms with Gasteiger partial charge in [0.05, 0.1) is 23.9 Å². The molecule has 2 amide bonds. The summed E-state index contributed by atoms with van der Waals surface area (Å²) in [5.41, 5.74) is 3.24. The lowest BCUT2D eigenvalue weighted by atomic mass is 10.0. The summed E-state index contributed by atoms with van der Waals surface area (Å²) in [7, 11) is 0.